The maximum absolute atomic E-state index is 12.1. The minimum Gasteiger partial charge on any atom is -0.353 e. The molecule has 1 saturated heterocycles. The minimum atomic E-state index is 0. The van der Waals surface area contributed by atoms with Crippen LogP contribution in [0.2, 0.25) is 0 Å². The first-order valence-corrected chi connectivity index (χ1v) is 8.20. The van der Waals surface area contributed by atoms with E-state index in [0.29, 0.717) is 0 Å². The highest BCUT2D eigenvalue weighted by molar-refractivity contribution is 9.10. The van der Waals surface area contributed by atoms with Gasteiger partial charge < -0.3 is 10.6 Å². The van der Waals surface area contributed by atoms with Gasteiger partial charge in [0.25, 0.3) is 0 Å². The van der Waals surface area contributed by atoms with Gasteiger partial charge in [0.15, 0.2) is 0 Å². The number of rotatable bonds is 5. The Hall–Kier alpha value is -0.580. The Kier molecular flexibility index (Phi) is 8.30. The first-order chi connectivity index (χ1) is 9.65. The maximum atomic E-state index is 12.1. The zero-order valence-electron chi connectivity index (χ0n) is 12.4. The molecule has 3 nitrogen and oxygen atoms in total. The summed E-state index contributed by atoms with van der Waals surface area (Å²) < 4.78 is 1.10. The quantitative estimate of drug-likeness (QED) is 0.829. The molecule has 1 fully saturated rings. The molecular formula is C16H24BrClN2O. The van der Waals surface area contributed by atoms with Crippen LogP contribution in [0.1, 0.15) is 31.7 Å². The highest BCUT2D eigenvalue weighted by Gasteiger charge is 2.21. The molecule has 118 valence electrons. The van der Waals surface area contributed by atoms with Gasteiger partial charge in [0.1, 0.15) is 0 Å². The third-order valence-electron chi connectivity index (χ3n) is 3.84. The van der Waals surface area contributed by atoms with Crippen LogP contribution in [0, 0.1) is 5.92 Å². The standard InChI is InChI=1S/C16H23BrN2O.ClH/c1-12(4-5-13-6-8-15(17)9-7-13)19-16(20)14-3-2-10-18-11-14;/h6-9,12,14,18H,2-5,10-11H2,1H3,(H,19,20);1H. The van der Waals surface area contributed by atoms with Gasteiger partial charge in [0, 0.05) is 17.1 Å². The molecule has 1 aromatic rings. The summed E-state index contributed by atoms with van der Waals surface area (Å²) in [6.45, 7) is 3.96. The van der Waals surface area contributed by atoms with E-state index in [1.165, 1.54) is 5.56 Å². The van der Waals surface area contributed by atoms with Crippen LogP contribution in [0.25, 0.3) is 0 Å². The van der Waals surface area contributed by atoms with Crippen LogP contribution < -0.4 is 10.6 Å². The molecule has 1 aliphatic rings. The average Bonchev–Trinajstić information content (AvgIpc) is 2.47. The van der Waals surface area contributed by atoms with E-state index in [0.717, 1.165) is 43.2 Å². The average molecular weight is 376 g/mol. The highest BCUT2D eigenvalue weighted by Crippen LogP contribution is 2.13. The number of piperidine rings is 1. The predicted molar refractivity (Wildman–Crippen MR) is 92.9 cm³/mol. The van der Waals surface area contributed by atoms with Crippen molar-refractivity contribution in [2.24, 2.45) is 5.92 Å². The van der Waals surface area contributed by atoms with Crippen molar-refractivity contribution in [1.29, 1.82) is 0 Å². The molecule has 1 aromatic carbocycles. The van der Waals surface area contributed by atoms with Crippen molar-refractivity contribution >= 4 is 34.2 Å². The summed E-state index contributed by atoms with van der Waals surface area (Å²) in [5, 5.41) is 6.43. The molecule has 1 heterocycles. The number of carbonyl (C=O) groups is 1. The molecule has 2 rings (SSSR count). The van der Waals surface area contributed by atoms with Gasteiger partial charge in [0.05, 0.1) is 5.92 Å². The van der Waals surface area contributed by atoms with E-state index >= 15 is 0 Å². The molecule has 0 saturated carbocycles. The molecule has 21 heavy (non-hydrogen) atoms. The Morgan fingerprint density at radius 2 is 2.14 bits per heavy atom. The van der Waals surface area contributed by atoms with E-state index in [4.69, 9.17) is 0 Å². The molecule has 5 heteroatoms. The normalized spacial score (nSPS) is 19.4. The van der Waals surface area contributed by atoms with E-state index < -0.39 is 0 Å². The van der Waals surface area contributed by atoms with Crippen molar-refractivity contribution < 1.29 is 4.79 Å². The zero-order chi connectivity index (χ0) is 14.4. The van der Waals surface area contributed by atoms with Crippen LogP contribution in [0.4, 0.5) is 0 Å². The van der Waals surface area contributed by atoms with Crippen LogP contribution in [0.5, 0.6) is 0 Å². The lowest BCUT2D eigenvalue weighted by molar-refractivity contribution is -0.126. The molecule has 0 aliphatic carbocycles. The Morgan fingerprint density at radius 1 is 1.43 bits per heavy atom. The number of nitrogens with one attached hydrogen (secondary N) is 2. The van der Waals surface area contributed by atoms with Crippen LogP contribution in [-0.4, -0.2) is 25.0 Å². The molecule has 2 atom stereocenters. The molecule has 0 bridgehead atoms. The predicted octanol–water partition coefficient (Wildman–Crippen LogP) is 3.31. The summed E-state index contributed by atoms with van der Waals surface area (Å²) in [6.07, 6.45) is 4.09. The summed E-state index contributed by atoms with van der Waals surface area (Å²) in [7, 11) is 0. The molecule has 0 spiro atoms. The fourth-order valence-corrected chi connectivity index (χ4v) is 2.81. The van der Waals surface area contributed by atoms with Gasteiger partial charge in [-0.25, -0.2) is 0 Å². The molecular weight excluding hydrogens is 352 g/mol. The highest BCUT2D eigenvalue weighted by atomic mass is 79.9. The smallest absolute Gasteiger partial charge is 0.224 e. The molecule has 2 unspecified atom stereocenters. The van der Waals surface area contributed by atoms with Crippen molar-refractivity contribution in [2.75, 3.05) is 13.1 Å². The van der Waals surface area contributed by atoms with Crippen LogP contribution >= 0.6 is 28.3 Å². The number of amides is 1. The van der Waals surface area contributed by atoms with Crippen molar-refractivity contribution in [2.45, 2.75) is 38.6 Å². The third-order valence-corrected chi connectivity index (χ3v) is 4.36. The molecule has 1 amide bonds. The van der Waals surface area contributed by atoms with E-state index in [1.54, 1.807) is 0 Å². The number of hydrogen-bond acceptors (Lipinski definition) is 2. The summed E-state index contributed by atoms with van der Waals surface area (Å²) in [5.41, 5.74) is 1.31. The summed E-state index contributed by atoms with van der Waals surface area (Å²) in [5.74, 6) is 0.361. The number of aryl methyl sites for hydroxylation is 1. The van der Waals surface area contributed by atoms with Crippen LogP contribution in [0.15, 0.2) is 28.7 Å². The van der Waals surface area contributed by atoms with Gasteiger partial charge in [-0.2, -0.15) is 0 Å². The van der Waals surface area contributed by atoms with Crippen molar-refractivity contribution in [1.82, 2.24) is 10.6 Å². The molecule has 0 aromatic heterocycles. The Labute approximate surface area is 141 Å². The van der Waals surface area contributed by atoms with Crippen molar-refractivity contribution in [3.8, 4) is 0 Å². The fraction of sp³-hybridized carbons (Fsp3) is 0.562. The van der Waals surface area contributed by atoms with Crippen molar-refractivity contribution in [3.05, 3.63) is 34.3 Å². The lowest BCUT2D eigenvalue weighted by Gasteiger charge is -2.24. The van der Waals surface area contributed by atoms with Gasteiger partial charge in [-0.15, -0.1) is 12.4 Å². The number of hydrogen-bond donors (Lipinski definition) is 2. The number of carbonyl (C=O) groups excluding carboxylic acids is 1. The van der Waals surface area contributed by atoms with E-state index in [-0.39, 0.29) is 30.3 Å². The van der Waals surface area contributed by atoms with Gasteiger partial charge in [-0.05, 0) is 56.8 Å². The SMILES string of the molecule is CC(CCc1ccc(Br)cc1)NC(=O)C1CCCNC1.Cl. The fourth-order valence-electron chi connectivity index (χ4n) is 2.54. The summed E-state index contributed by atoms with van der Waals surface area (Å²) in [4.78, 5) is 12.1. The molecule has 1 aliphatic heterocycles. The van der Waals surface area contributed by atoms with E-state index in [9.17, 15) is 4.79 Å². The van der Waals surface area contributed by atoms with Crippen LogP contribution in [-0.2, 0) is 11.2 Å². The summed E-state index contributed by atoms with van der Waals surface area (Å²) >= 11 is 3.44. The Bertz CT molecular complexity index is 432. The number of halogens is 2. The zero-order valence-corrected chi connectivity index (χ0v) is 14.8. The largest absolute Gasteiger partial charge is 0.353 e. The van der Waals surface area contributed by atoms with E-state index in [1.807, 2.05) is 0 Å². The first-order valence-electron chi connectivity index (χ1n) is 7.40. The van der Waals surface area contributed by atoms with Gasteiger partial charge in [0.2, 0.25) is 5.91 Å². The lowest BCUT2D eigenvalue weighted by Crippen LogP contribution is -2.43. The van der Waals surface area contributed by atoms with Gasteiger partial charge in [-0.1, -0.05) is 28.1 Å². The third kappa shape index (κ3) is 6.37. The summed E-state index contributed by atoms with van der Waals surface area (Å²) in [6, 6.07) is 8.61. The Morgan fingerprint density at radius 3 is 2.76 bits per heavy atom. The van der Waals surface area contributed by atoms with E-state index in [2.05, 4.69) is 57.8 Å². The minimum absolute atomic E-state index is 0. The van der Waals surface area contributed by atoms with Gasteiger partial charge >= 0.3 is 0 Å². The van der Waals surface area contributed by atoms with Crippen LogP contribution in [0.3, 0.4) is 0 Å². The second-order valence-corrected chi connectivity index (χ2v) is 6.53. The second-order valence-electron chi connectivity index (χ2n) is 5.62. The lowest BCUT2D eigenvalue weighted by atomic mass is 9.98. The first kappa shape index (κ1) is 18.5. The Balaban J connectivity index is 0.00000220. The monoisotopic (exact) mass is 374 g/mol. The topological polar surface area (TPSA) is 41.1 Å². The molecule has 0 radical (unpaired) electrons. The van der Waals surface area contributed by atoms with Gasteiger partial charge in [-0.3, -0.25) is 4.79 Å². The number of benzene rings is 1. The second kappa shape index (κ2) is 9.44. The molecule has 2 N–H and O–H groups in total. The van der Waals surface area contributed by atoms with Crippen molar-refractivity contribution in [3.63, 3.8) is 0 Å². The maximum Gasteiger partial charge on any atom is 0.224 e.